The van der Waals surface area contributed by atoms with Crippen molar-refractivity contribution in [3.05, 3.63) is 11.8 Å². The molecule has 0 saturated heterocycles. The first kappa shape index (κ1) is 9.55. The number of nitrogens with zero attached hydrogens (tertiary/aromatic N) is 1. The van der Waals surface area contributed by atoms with Crippen molar-refractivity contribution >= 4 is 0 Å². The fraction of sp³-hybridized carbons (Fsp3) is 0.778. The zero-order chi connectivity index (χ0) is 8.97. The van der Waals surface area contributed by atoms with Gasteiger partial charge in [0.2, 0.25) is 0 Å². The zero-order valence-electron chi connectivity index (χ0n) is 8.04. The molecule has 1 rings (SSSR count). The normalized spacial score (nSPS) is 18.3. The zero-order valence-corrected chi connectivity index (χ0v) is 8.04. The van der Waals surface area contributed by atoms with Gasteiger partial charge in [-0.05, 0) is 12.8 Å². The summed E-state index contributed by atoms with van der Waals surface area (Å²) in [7, 11) is 5.39. The second-order valence-corrected chi connectivity index (χ2v) is 3.00. The second kappa shape index (κ2) is 4.48. The fourth-order valence-corrected chi connectivity index (χ4v) is 1.48. The van der Waals surface area contributed by atoms with Crippen LogP contribution in [-0.2, 0) is 9.47 Å². The van der Waals surface area contributed by atoms with E-state index in [1.807, 2.05) is 0 Å². The summed E-state index contributed by atoms with van der Waals surface area (Å²) in [6.07, 6.45) is 4.33. The van der Waals surface area contributed by atoms with Crippen LogP contribution in [0.5, 0.6) is 0 Å². The molecule has 0 radical (unpaired) electrons. The van der Waals surface area contributed by atoms with E-state index in [0.29, 0.717) is 0 Å². The number of hydrogen-bond acceptors (Lipinski definition) is 3. The van der Waals surface area contributed by atoms with Gasteiger partial charge in [-0.15, -0.1) is 0 Å². The summed E-state index contributed by atoms with van der Waals surface area (Å²) in [5.74, 6) is 0. The van der Waals surface area contributed by atoms with Gasteiger partial charge in [0, 0.05) is 27.8 Å². The predicted molar refractivity (Wildman–Crippen MR) is 47.8 cm³/mol. The van der Waals surface area contributed by atoms with Gasteiger partial charge in [0.15, 0.2) is 6.29 Å². The van der Waals surface area contributed by atoms with E-state index in [2.05, 4.69) is 18.0 Å². The molecule has 0 aliphatic carbocycles. The molecule has 0 aromatic carbocycles. The summed E-state index contributed by atoms with van der Waals surface area (Å²) in [4.78, 5) is 2.18. The monoisotopic (exact) mass is 171 g/mol. The highest BCUT2D eigenvalue weighted by molar-refractivity contribution is 5.06. The molecule has 3 nitrogen and oxygen atoms in total. The lowest BCUT2D eigenvalue weighted by Gasteiger charge is -2.30. The summed E-state index contributed by atoms with van der Waals surface area (Å²) in [5, 5.41) is 0. The summed E-state index contributed by atoms with van der Waals surface area (Å²) < 4.78 is 10.4. The summed E-state index contributed by atoms with van der Waals surface area (Å²) in [6.45, 7) is 1.09. The first-order chi connectivity index (χ1) is 5.79. The van der Waals surface area contributed by atoms with E-state index in [1.54, 1.807) is 14.2 Å². The third kappa shape index (κ3) is 1.99. The molecule has 1 aliphatic heterocycles. The van der Waals surface area contributed by atoms with Crippen LogP contribution in [0.3, 0.4) is 0 Å². The topological polar surface area (TPSA) is 21.7 Å². The molecule has 3 heteroatoms. The highest BCUT2D eigenvalue weighted by Gasteiger charge is 2.18. The summed E-state index contributed by atoms with van der Waals surface area (Å²) in [5.41, 5.74) is 1.14. The Morgan fingerprint density at radius 3 is 2.58 bits per heavy atom. The van der Waals surface area contributed by atoms with Gasteiger partial charge < -0.3 is 14.4 Å². The Morgan fingerprint density at radius 2 is 2.08 bits per heavy atom. The number of likely N-dealkylation sites (N-methyl/N-ethyl adjacent to an activating group) is 1. The number of ether oxygens (including phenoxy) is 2. The molecule has 0 unspecified atom stereocenters. The van der Waals surface area contributed by atoms with Crippen LogP contribution in [0, 0.1) is 0 Å². The quantitative estimate of drug-likeness (QED) is 0.596. The average Bonchev–Trinajstić information content (AvgIpc) is 2.10. The SMILES string of the molecule is COC(OC)C1=CCCCN1C. The van der Waals surface area contributed by atoms with Crippen molar-refractivity contribution in [2.75, 3.05) is 27.8 Å². The number of methoxy groups -OCH3 is 2. The van der Waals surface area contributed by atoms with Gasteiger partial charge >= 0.3 is 0 Å². The minimum Gasteiger partial charge on any atom is -0.374 e. The van der Waals surface area contributed by atoms with Crippen LogP contribution in [0.25, 0.3) is 0 Å². The minimum absolute atomic E-state index is 0.199. The van der Waals surface area contributed by atoms with Crippen LogP contribution >= 0.6 is 0 Å². The highest BCUT2D eigenvalue weighted by Crippen LogP contribution is 2.17. The van der Waals surface area contributed by atoms with Crippen LogP contribution < -0.4 is 0 Å². The van der Waals surface area contributed by atoms with Crippen LogP contribution in [0.15, 0.2) is 11.8 Å². The van der Waals surface area contributed by atoms with Gasteiger partial charge in [0.05, 0.1) is 5.70 Å². The summed E-state index contributed by atoms with van der Waals surface area (Å²) >= 11 is 0. The van der Waals surface area contributed by atoms with E-state index in [9.17, 15) is 0 Å². The van der Waals surface area contributed by atoms with Gasteiger partial charge in [0.25, 0.3) is 0 Å². The van der Waals surface area contributed by atoms with Crippen LogP contribution in [0.4, 0.5) is 0 Å². The minimum atomic E-state index is -0.199. The fourth-order valence-electron chi connectivity index (χ4n) is 1.48. The molecule has 0 saturated carbocycles. The average molecular weight is 171 g/mol. The van der Waals surface area contributed by atoms with Crippen LogP contribution in [0.2, 0.25) is 0 Å². The summed E-state index contributed by atoms with van der Waals surface area (Å²) in [6, 6.07) is 0. The number of allylic oxidation sites excluding steroid dienone is 1. The Kier molecular flexibility index (Phi) is 3.56. The van der Waals surface area contributed by atoms with E-state index in [4.69, 9.17) is 9.47 Å². The maximum atomic E-state index is 5.18. The van der Waals surface area contributed by atoms with E-state index in [-0.39, 0.29) is 6.29 Å². The molecule has 12 heavy (non-hydrogen) atoms. The molecule has 0 atom stereocenters. The molecule has 0 amide bonds. The molecular formula is C9H17NO2. The largest absolute Gasteiger partial charge is 0.374 e. The molecular weight excluding hydrogens is 154 g/mol. The number of rotatable bonds is 3. The van der Waals surface area contributed by atoms with Crippen LogP contribution in [0.1, 0.15) is 12.8 Å². The van der Waals surface area contributed by atoms with Crippen molar-refractivity contribution in [2.45, 2.75) is 19.1 Å². The molecule has 1 heterocycles. The van der Waals surface area contributed by atoms with Crippen molar-refractivity contribution in [1.82, 2.24) is 4.90 Å². The molecule has 0 aromatic rings. The predicted octanol–water partition coefficient (Wildman–Crippen LogP) is 1.21. The number of hydrogen-bond donors (Lipinski definition) is 0. The van der Waals surface area contributed by atoms with Gasteiger partial charge in [0.1, 0.15) is 0 Å². The Hall–Kier alpha value is -0.540. The van der Waals surface area contributed by atoms with Crippen LogP contribution in [-0.4, -0.2) is 39.0 Å². The first-order valence-electron chi connectivity index (χ1n) is 4.26. The van der Waals surface area contributed by atoms with Gasteiger partial charge in [-0.2, -0.15) is 0 Å². The first-order valence-corrected chi connectivity index (χ1v) is 4.26. The molecule has 0 spiro atoms. The smallest absolute Gasteiger partial charge is 0.197 e. The molecule has 0 fully saturated rings. The van der Waals surface area contributed by atoms with Crippen molar-refractivity contribution in [3.63, 3.8) is 0 Å². The maximum absolute atomic E-state index is 5.18. The Labute approximate surface area is 74.0 Å². The van der Waals surface area contributed by atoms with Gasteiger partial charge in [-0.1, -0.05) is 6.08 Å². The molecule has 70 valence electrons. The highest BCUT2D eigenvalue weighted by atomic mass is 16.7. The molecule has 0 aromatic heterocycles. The molecule has 0 N–H and O–H groups in total. The molecule has 1 aliphatic rings. The van der Waals surface area contributed by atoms with E-state index >= 15 is 0 Å². The van der Waals surface area contributed by atoms with Crippen molar-refractivity contribution in [3.8, 4) is 0 Å². The lowest BCUT2D eigenvalue weighted by molar-refractivity contribution is -0.0892. The van der Waals surface area contributed by atoms with Gasteiger partial charge in [-0.25, -0.2) is 0 Å². The Balaban J connectivity index is 2.63. The maximum Gasteiger partial charge on any atom is 0.197 e. The third-order valence-corrected chi connectivity index (χ3v) is 2.16. The van der Waals surface area contributed by atoms with Crippen molar-refractivity contribution < 1.29 is 9.47 Å². The Bertz CT molecular complexity index is 164. The molecule has 0 bridgehead atoms. The van der Waals surface area contributed by atoms with Gasteiger partial charge in [-0.3, -0.25) is 0 Å². The standard InChI is InChI=1S/C9H17NO2/c1-10-7-5-4-6-8(10)9(11-2)12-3/h6,9H,4-5,7H2,1-3H3. The van der Waals surface area contributed by atoms with Crippen molar-refractivity contribution in [1.29, 1.82) is 0 Å². The Morgan fingerprint density at radius 1 is 1.42 bits per heavy atom. The third-order valence-electron chi connectivity index (χ3n) is 2.16. The lowest BCUT2D eigenvalue weighted by atomic mass is 10.1. The second-order valence-electron chi connectivity index (χ2n) is 3.00. The van der Waals surface area contributed by atoms with Crippen molar-refractivity contribution in [2.24, 2.45) is 0 Å². The van der Waals surface area contributed by atoms with E-state index < -0.39 is 0 Å². The van der Waals surface area contributed by atoms with E-state index in [1.165, 1.54) is 6.42 Å². The van der Waals surface area contributed by atoms with E-state index in [0.717, 1.165) is 18.7 Å². The lowest BCUT2D eigenvalue weighted by Crippen LogP contribution is -2.32.